The number of halogens is 3. The van der Waals surface area contributed by atoms with Gasteiger partial charge in [-0.05, 0) is 32.4 Å². The Morgan fingerprint density at radius 1 is 1.19 bits per heavy atom. The summed E-state index contributed by atoms with van der Waals surface area (Å²) < 4.78 is 42.9. The predicted octanol–water partition coefficient (Wildman–Crippen LogP) is 2.87. The molecular weight excluding hydrogens is 361 g/mol. The molecule has 0 atom stereocenters. The second-order valence-electron chi connectivity index (χ2n) is 5.81. The zero-order valence-electron chi connectivity index (χ0n) is 15.4. The van der Waals surface area contributed by atoms with E-state index in [0.29, 0.717) is 37.3 Å². The topological polar surface area (TPSA) is 87.4 Å². The molecular formula is C17H23F3N6O. The summed E-state index contributed by atoms with van der Waals surface area (Å²) in [5.74, 6) is 2.39. The molecule has 0 fully saturated rings. The molecule has 0 radical (unpaired) electrons. The molecule has 0 unspecified atom stereocenters. The third-order valence-electron chi connectivity index (χ3n) is 3.75. The highest BCUT2D eigenvalue weighted by atomic mass is 19.4. The number of pyridine rings is 1. The zero-order chi connectivity index (χ0) is 19.9. The van der Waals surface area contributed by atoms with Crippen LogP contribution in [0, 0.1) is 13.8 Å². The van der Waals surface area contributed by atoms with Gasteiger partial charge in [-0.3, -0.25) is 4.99 Å². The summed E-state index contributed by atoms with van der Waals surface area (Å²) >= 11 is 0. The van der Waals surface area contributed by atoms with Gasteiger partial charge >= 0.3 is 6.18 Å². The third kappa shape index (κ3) is 6.46. The number of alkyl halides is 3. The lowest BCUT2D eigenvalue weighted by molar-refractivity contribution is -0.137. The highest BCUT2D eigenvalue weighted by molar-refractivity contribution is 5.79. The summed E-state index contributed by atoms with van der Waals surface area (Å²) in [7, 11) is 1.66. The Balaban J connectivity index is 1.66. The Labute approximate surface area is 155 Å². The van der Waals surface area contributed by atoms with E-state index in [4.69, 9.17) is 4.42 Å². The van der Waals surface area contributed by atoms with Crippen LogP contribution in [0.1, 0.15) is 29.3 Å². The number of aromatic nitrogens is 2. The highest BCUT2D eigenvalue weighted by Crippen LogP contribution is 2.28. The smallest absolute Gasteiger partial charge is 0.417 e. The molecule has 0 spiro atoms. The first kappa shape index (κ1) is 20.5. The lowest BCUT2D eigenvalue weighted by atomic mass is 10.3. The van der Waals surface area contributed by atoms with E-state index in [9.17, 15) is 13.2 Å². The van der Waals surface area contributed by atoms with Gasteiger partial charge in [-0.2, -0.15) is 13.2 Å². The average Bonchev–Trinajstić information content (AvgIpc) is 2.95. The molecule has 0 aliphatic rings. The third-order valence-corrected chi connectivity index (χ3v) is 3.75. The van der Waals surface area contributed by atoms with Crippen LogP contribution >= 0.6 is 0 Å². The van der Waals surface area contributed by atoms with Crippen molar-refractivity contribution >= 4 is 11.8 Å². The number of nitrogens with zero attached hydrogens (tertiary/aromatic N) is 3. The molecule has 10 heteroatoms. The van der Waals surface area contributed by atoms with Gasteiger partial charge in [-0.1, -0.05) is 0 Å². The Kier molecular flexibility index (Phi) is 7.03. The number of hydrogen-bond acceptors (Lipinski definition) is 5. The molecule has 0 saturated carbocycles. The minimum atomic E-state index is -4.37. The van der Waals surface area contributed by atoms with Crippen LogP contribution in [0.15, 0.2) is 27.7 Å². The van der Waals surface area contributed by atoms with E-state index in [1.54, 1.807) is 7.05 Å². The van der Waals surface area contributed by atoms with E-state index in [0.717, 1.165) is 30.1 Å². The van der Waals surface area contributed by atoms with Crippen molar-refractivity contribution in [1.82, 2.24) is 20.6 Å². The number of aliphatic imine (C=N–C) groups is 1. The average molecular weight is 384 g/mol. The SMILES string of the molecule is CN=C(NCCCNc1ccc(C(F)(F)F)cn1)NCc1nc(C)c(C)o1. The van der Waals surface area contributed by atoms with Gasteiger partial charge < -0.3 is 20.4 Å². The molecule has 7 nitrogen and oxygen atoms in total. The fraction of sp³-hybridized carbons (Fsp3) is 0.471. The summed E-state index contributed by atoms with van der Waals surface area (Å²) in [6.07, 6.45) is -2.83. The number of anilines is 1. The van der Waals surface area contributed by atoms with E-state index < -0.39 is 11.7 Å². The second kappa shape index (κ2) is 9.24. The Hall–Kier alpha value is -2.78. The fourth-order valence-corrected chi connectivity index (χ4v) is 2.17. The van der Waals surface area contributed by atoms with Gasteiger partial charge in [0.05, 0.1) is 17.8 Å². The standard InChI is InChI=1S/C17H23F3N6O/c1-11-12(2)27-15(26-11)10-25-16(21-3)23-8-4-7-22-14-6-5-13(9-24-14)17(18,19)20/h5-6,9H,4,7-8,10H2,1-3H3,(H,22,24)(H2,21,23,25). The molecule has 0 aromatic carbocycles. The summed E-state index contributed by atoms with van der Waals surface area (Å²) in [6, 6.07) is 2.32. The quantitative estimate of drug-likeness (QED) is 0.387. The van der Waals surface area contributed by atoms with Gasteiger partial charge in [0, 0.05) is 26.3 Å². The predicted molar refractivity (Wildman–Crippen MR) is 96.5 cm³/mol. The molecule has 0 aliphatic heterocycles. The van der Waals surface area contributed by atoms with Crippen molar-refractivity contribution in [2.24, 2.45) is 4.99 Å². The number of hydrogen-bond donors (Lipinski definition) is 3. The van der Waals surface area contributed by atoms with Gasteiger partial charge in [-0.15, -0.1) is 0 Å². The van der Waals surface area contributed by atoms with E-state index >= 15 is 0 Å². The van der Waals surface area contributed by atoms with Crippen LogP contribution in [0.5, 0.6) is 0 Å². The van der Waals surface area contributed by atoms with Crippen molar-refractivity contribution in [3.63, 3.8) is 0 Å². The van der Waals surface area contributed by atoms with Gasteiger partial charge in [0.2, 0.25) is 5.89 Å². The minimum Gasteiger partial charge on any atom is -0.444 e. The molecule has 2 heterocycles. The Bertz CT molecular complexity index is 736. The number of nitrogens with one attached hydrogen (secondary N) is 3. The Morgan fingerprint density at radius 3 is 2.52 bits per heavy atom. The van der Waals surface area contributed by atoms with Crippen LogP contribution in [0.4, 0.5) is 19.0 Å². The lowest BCUT2D eigenvalue weighted by Gasteiger charge is -2.11. The number of rotatable bonds is 7. The first-order valence-electron chi connectivity index (χ1n) is 8.44. The van der Waals surface area contributed by atoms with Gasteiger partial charge in [0.15, 0.2) is 5.96 Å². The van der Waals surface area contributed by atoms with Crippen molar-refractivity contribution in [3.8, 4) is 0 Å². The van der Waals surface area contributed by atoms with E-state index in [1.165, 1.54) is 6.07 Å². The summed E-state index contributed by atoms with van der Waals surface area (Å²) in [5, 5.41) is 9.21. The summed E-state index contributed by atoms with van der Waals surface area (Å²) in [6.45, 7) is 5.34. The van der Waals surface area contributed by atoms with E-state index in [2.05, 4.69) is 30.9 Å². The van der Waals surface area contributed by atoms with Crippen LogP contribution in [0.3, 0.4) is 0 Å². The van der Waals surface area contributed by atoms with Crippen LogP contribution in [0.2, 0.25) is 0 Å². The normalized spacial score (nSPS) is 12.1. The zero-order valence-corrected chi connectivity index (χ0v) is 15.4. The van der Waals surface area contributed by atoms with Gasteiger partial charge in [0.25, 0.3) is 0 Å². The van der Waals surface area contributed by atoms with Crippen molar-refractivity contribution in [2.45, 2.75) is 33.0 Å². The molecule has 27 heavy (non-hydrogen) atoms. The molecule has 2 rings (SSSR count). The molecule has 3 N–H and O–H groups in total. The molecule has 2 aromatic heterocycles. The molecule has 0 bridgehead atoms. The first-order chi connectivity index (χ1) is 12.8. The highest BCUT2D eigenvalue weighted by Gasteiger charge is 2.30. The van der Waals surface area contributed by atoms with E-state index in [1.807, 2.05) is 13.8 Å². The molecule has 0 saturated heterocycles. The molecule has 2 aromatic rings. The lowest BCUT2D eigenvalue weighted by Crippen LogP contribution is -2.37. The van der Waals surface area contributed by atoms with Gasteiger partial charge in [0.1, 0.15) is 11.6 Å². The number of guanidine groups is 1. The maximum atomic E-state index is 12.5. The van der Waals surface area contributed by atoms with Crippen molar-refractivity contribution in [1.29, 1.82) is 0 Å². The fourth-order valence-electron chi connectivity index (χ4n) is 2.17. The summed E-state index contributed by atoms with van der Waals surface area (Å²) in [4.78, 5) is 12.1. The van der Waals surface area contributed by atoms with Crippen LogP contribution in [-0.2, 0) is 12.7 Å². The molecule has 0 aliphatic carbocycles. The molecule has 148 valence electrons. The van der Waals surface area contributed by atoms with E-state index in [-0.39, 0.29) is 0 Å². The molecule has 0 amide bonds. The second-order valence-corrected chi connectivity index (χ2v) is 5.81. The van der Waals surface area contributed by atoms with Gasteiger partial charge in [-0.25, -0.2) is 9.97 Å². The summed E-state index contributed by atoms with van der Waals surface area (Å²) in [5.41, 5.74) is 0.0960. The van der Waals surface area contributed by atoms with Crippen molar-refractivity contribution in [3.05, 3.63) is 41.2 Å². The number of aryl methyl sites for hydroxylation is 2. The first-order valence-corrected chi connectivity index (χ1v) is 8.44. The van der Waals surface area contributed by atoms with Crippen LogP contribution < -0.4 is 16.0 Å². The van der Waals surface area contributed by atoms with Crippen LogP contribution in [-0.4, -0.2) is 36.1 Å². The minimum absolute atomic E-state index is 0.403. The van der Waals surface area contributed by atoms with Crippen molar-refractivity contribution < 1.29 is 17.6 Å². The monoisotopic (exact) mass is 384 g/mol. The maximum absolute atomic E-state index is 12.5. The number of oxazole rings is 1. The largest absolute Gasteiger partial charge is 0.444 e. The van der Waals surface area contributed by atoms with Crippen LogP contribution in [0.25, 0.3) is 0 Å². The maximum Gasteiger partial charge on any atom is 0.417 e. The Morgan fingerprint density at radius 2 is 1.96 bits per heavy atom. The van der Waals surface area contributed by atoms with Crippen molar-refractivity contribution in [2.75, 3.05) is 25.5 Å².